The normalized spacial score (nSPS) is 19.2. The third-order valence-corrected chi connectivity index (χ3v) is 10.9. The van der Waals surface area contributed by atoms with Gasteiger partial charge in [0.2, 0.25) is 11.6 Å². The molecule has 0 fully saturated rings. The molecule has 4 aromatic carbocycles. The lowest BCUT2D eigenvalue weighted by atomic mass is 9.83. The fourth-order valence-electron chi connectivity index (χ4n) is 6.01. The first-order valence-electron chi connectivity index (χ1n) is 15.2. The number of Topliss-reactive ketones (excluding diaryl/α,β-unsaturated/α-hetero) is 2. The molecule has 2 aliphatic rings. The van der Waals surface area contributed by atoms with Gasteiger partial charge in [-0.05, 0) is 30.3 Å². The molecular weight excluding hydrogens is 784 g/mol. The highest BCUT2D eigenvalue weighted by Gasteiger charge is 2.55. The van der Waals surface area contributed by atoms with E-state index in [9.17, 15) is 33.1 Å². The molecule has 260 valence electrons. The number of phenolic OH excluding ortho intramolecular Hbond substituents is 1. The maximum Gasteiger partial charge on any atom is 0.275 e. The number of aromatic hydroxyl groups is 1. The average Bonchev–Trinajstić information content (AvgIpc) is 3.75. The molecule has 2 amide bonds. The first-order valence-corrected chi connectivity index (χ1v) is 17.8. The van der Waals surface area contributed by atoms with Crippen LogP contribution in [0.25, 0.3) is 22.3 Å². The van der Waals surface area contributed by atoms with Crippen LogP contribution in [0, 0.1) is 11.6 Å². The highest BCUT2D eigenvalue weighted by Crippen LogP contribution is 2.48. The molecule has 8 rings (SSSR count). The molecular formula is C38H21BrF4N2O5S2. The van der Waals surface area contributed by atoms with Gasteiger partial charge >= 0.3 is 0 Å². The number of thiophene rings is 2. The Bertz CT molecular complexity index is 2420. The predicted octanol–water partition coefficient (Wildman–Crippen LogP) is 9.58. The van der Waals surface area contributed by atoms with Gasteiger partial charge in [0.1, 0.15) is 27.4 Å². The summed E-state index contributed by atoms with van der Waals surface area (Å²) in [6.07, 6.45) is 0. The van der Waals surface area contributed by atoms with Crippen LogP contribution in [0.5, 0.6) is 5.75 Å². The van der Waals surface area contributed by atoms with E-state index in [1.54, 1.807) is 41.8 Å². The SMILES string of the molecule is O=C1Nc2scc(-c3c(F)cccc3F)c2C(=O)C1(F)c1ccccc1.O=C1Nc2scc(-c3ccc(Br)cc3O)c2C(=O)C1(F)c1ccccc1. The summed E-state index contributed by atoms with van der Waals surface area (Å²) in [7, 11) is 0. The van der Waals surface area contributed by atoms with E-state index >= 15 is 8.78 Å². The van der Waals surface area contributed by atoms with Gasteiger partial charge in [-0.2, -0.15) is 0 Å². The second-order valence-electron chi connectivity index (χ2n) is 11.6. The predicted molar refractivity (Wildman–Crippen MR) is 193 cm³/mol. The molecule has 2 unspecified atom stereocenters. The van der Waals surface area contributed by atoms with Crippen molar-refractivity contribution in [2.24, 2.45) is 0 Å². The lowest BCUT2D eigenvalue weighted by Crippen LogP contribution is -2.47. The fourth-order valence-corrected chi connectivity index (χ4v) is 8.25. The highest BCUT2D eigenvalue weighted by molar-refractivity contribution is 9.10. The number of amides is 2. The van der Waals surface area contributed by atoms with Gasteiger partial charge in [0.25, 0.3) is 23.2 Å². The first kappa shape index (κ1) is 35.0. The van der Waals surface area contributed by atoms with E-state index in [-0.39, 0.29) is 43.6 Å². The van der Waals surface area contributed by atoms with Crippen LogP contribution in [0.1, 0.15) is 31.8 Å². The summed E-state index contributed by atoms with van der Waals surface area (Å²) in [5, 5.41) is 18.4. The highest BCUT2D eigenvalue weighted by atomic mass is 79.9. The number of nitrogens with one attached hydrogen (secondary N) is 2. The molecule has 2 atom stereocenters. The Kier molecular flexibility index (Phi) is 8.93. The molecule has 0 spiro atoms. The lowest BCUT2D eigenvalue weighted by Gasteiger charge is -2.28. The number of rotatable bonds is 4. The van der Waals surface area contributed by atoms with Crippen molar-refractivity contribution in [1.82, 2.24) is 0 Å². The summed E-state index contributed by atoms with van der Waals surface area (Å²) in [4.78, 5) is 50.7. The Labute approximate surface area is 308 Å². The Morgan fingerprint density at radius 2 is 1.04 bits per heavy atom. The van der Waals surface area contributed by atoms with Crippen molar-refractivity contribution in [3.05, 3.63) is 146 Å². The van der Waals surface area contributed by atoms with Crippen molar-refractivity contribution in [3.8, 4) is 28.0 Å². The largest absolute Gasteiger partial charge is 0.507 e. The summed E-state index contributed by atoms with van der Waals surface area (Å²) in [6.45, 7) is 0. The second kappa shape index (κ2) is 13.3. The van der Waals surface area contributed by atoms with Crippen molar-refractivity contribution in [2.45, 2.75) is 11.3 Å². The number of carbonyl (C=O) groups excluding carboxylic acids is 4. The summed E-state index contributed by atoms with van der Waals surface area (Å²) in [5.41, 5.74) is -5.83. The van der Waals surface area contributed by atoms with Gasteiger partial charge in [-0.1, -0.05) is 82.7 Å². The monoisotopic (exact) mass is 804 g/mol. The molecule has 0 bridgehead atoms. The summed E-state index contributed by atoms with van der Waals surface area (Å²) in [6, 6.07) is 23.0. The molecule has 3 N–H and O–H groups in total. The molecule has 4 heterocycles. The number of ketones is 2. The number of hydrogen-bond donors (Lipinski definition) is 3. The van der Waals surface area contributed by atoms with Crippen LogP contribution < -0.4 is 10.6 Å². The second-order valence-corrected chi connectivity index (χ2v) is 14.3. The average molecular weight is 806 g/mol. The summed E-state index contributed by atoms with van der Waals surface area (Å²) >= 11 is 5.30. The number of carbonyl (C=O) groups is 4. The number of halogens is 5. The molecule has 0 saturated heterocycles. The summed E-state index contributed by atoms with van der Waals surface area (Å²) < 4.78 is 60.3. The minimum absolute atomic E-state index is 0.0228. The number of fused-ring (bicyclic) bond motifs is 2. The Morgan fingerprint density at radius 1 is 0.577 bits per heavy atom. The van der Waals surface area contributed by atoms with E-state index in [0.29, 0.717) is 15.6 Å². The zero-order chi connectivity index (χ0) is 36.9. The summed E-state index contributed by atoms with van der Waals surface area (Å²) in [5.74, 6) is -5.99. The van der Waals surface area contributed by atoms with Crippen LogP contribution in [-0.4, -0.2) is 28.5 Å². The molecule has 2 aromatic heterocycles. The smallest absolute Gasteiger partial charge is 0.275 e. The van der Waals surface area contributed by atoms with Gasteiger partial charge in [-0.3, -0.25) is 19.2 Å². The van der Waals surface area contributed by atoms with E-state index in [1.807, 2.05) is 0 Å². The van der Waals surface area contributed by atoms with Crippen molar-refractivity contribution >= 4 is 72.0 Å². The van der Waals surface area contributed by atoms with Gasteiger partial charge in [0.05, 0.1) is 16.7 Å². The zero-order valence-corrected chi connectivity index (χ0v) is 29.4. The molecule has 14 heteroatoms. The zero-order valence-electron chi connectivity index (χ0n) is 26.2. The van der Waals surface area contributed by atoms with E-state index < -0.39 is 51.9 Å². The first-order chi connectivity index (χ1) is 24.9. The van der Waals surface area contributed by atoms with Crippen molar-refractivity contribution in [1.29, 1.82) is 0 Å². The molecule has 0 saturated carbocycles. The lowest BCUT2D eigenvalue weighted by molar-refractivity contribution is -0.126. The van der Waals surface area contributed by atoms with E-state index in [2.05, 4.69) is 26.6 Å². The third kappa shape index (κ3) is 5.54. The number of phenols is 1. The van der Waals surface area contributed by atoms with Gasteiger partial charge in [0, 0.05) is 43.1 Å². The Hall–Kier alpha value is -5.44. The van der Waals surface area contributed by atoms with E-state index in [1.165, 1.54) is 53.9 Å². The molecule has 7 nitrogen and oxygen atoms in total. The van der Waals surface area contributed by atoms with Crippen LogP contribution in [-0.2, 0) is 20.9 Å². The van der Waals surface area contributed by atoms with Gasteiger partial charge in [0.15, 0.2) is 0 Å². The van der Waals surface area contributed by atoms with Gasteiger partial charge in [-0.25, -0.2) is 17.6 Å². The van der Waals surface area contributed by atoms with Gasteiger partial charge < -0.3 is 15.7 Å². The van der Waals surface area contributed by atoms with Crippen molar-refractivity contribution in [2.75, 3.05) is 10.6 Å². The van der Waals surface area contributed by atoms with Crippen LogP contribution in [0.15, 0.2) is 112 Å². The quantitative estimate of drug-likeness (QED) is 0.121. The van der Waals surface area contributed by atoms with Crippen LogP contribution in [0.4, 0.5) is 27.6 Å². The number of anilines is 2. The molecule has 2 aliphatic heterocycles. The Morgan fingerprint density at radius 3 is 1.52 bits per heavy atom. The van der Waals surface area contributed by atoms with E-state index in [0.717, 1.165) is 34.8 Å². The minimum atomic E-state index is -2.97. The number of benzene rings is 4. The standard InChI is InChI=1S/C19H11BrFNO3S.C19H10F3NO2S/c20-11-6-7-12(14(23)8-11)13-9-26-17-15(13)16(24)19(21,18(25)22-17)10-4-2-1-3-5-10;20-12-7-4-8-13(21)14(12)11-9-26-17-15(11)16(24)19(22,18(25)23-17)10-5-2-1-3-6-10/h1-9,23H,(H,22,25);1-9H,(H,23,25). The third-order valence-electron chi connectivity index (χ3n) is 8.57. The van der Waals surface area contributed by atoms with Gasteiger partial charge in [-0.15, -0.1) is 22.7 Å². The molecule has 0 aliphatic carbocycles. The maximum atomic E-state index is 15.7. The van der Waals surface area contributed by atoms with Crippen molar-refractivity contribution < 1.29 is 41.8 Å². The molecule has 6 aromatic rings. The van der Waals surface area contributed by atoms with Crippen molar-refractivity contribution in [3.63, 3.8) is 0 Å². The van der Waals surface area contributed by atoms with Crippen LogP contribution in [0.2, 0.25) is 0 Å². The Balaban J connectivity index is 0.000000162. The number of alkyl halides is 2. The topological polar surface area (TPSA) is 113 Å². The number of hydrogen-bond acceptors (Lipinski definition) is 7. The fraction of sp³-hybridized carbons (Fsp3) is 0.0526. The minimum Gasteiger partial charge on any atom is -0.507 e. The van der Waals surface area contributed by atoms with Crippen LogP contribution in [0.3, 0.4) is 0 Å². The molecule has 0 radical (unpaired) electrons. The van der Waals surface area contributed by atoms with Crippen LogP contribution >= 0.6 is 38.6 Å². The molecule has 52 heavy (non-hydrogen) atoms. The maximum absolute atomic E-state index is 15.7. The van der Waals surface area contributed by atoms with E-state index in [4.69, 9.17) is 0 Å².